The number of carbonyl (C=O) groups is 2. The van der Waals surface area contributed by atoms with Gasteiger partial charge in [-0.25, -0.2) is 0 Å². The molecular formula is C12H22N2O3. The highest BCUT2D eigenvalue weighted by Gasteiger charge is 2.28. The minimum Gasteiger partial charge on any atom is -0.466 e. The van der Waals surface area contributed by atoms with Gasteiger partial charge in [0.05, 0.1) is 12.5 Å². The van der Waals surface area contributed by atoms with Gasteiger partial charge in [-0.3, -0.25) is 9.59 Å². The molecule has 0 saturated carbocycles. The molecule has 2 N–H and O–H groups in total. The summed E-state index contributed by atoms with van der Waals surface area (Å²) >= 11 is 0. The molecule has 1 rings (SSSR count). The third-order valence-electron chi connectivity index (χ3n) is 2.96. The van der Waals surface area contributed by atoms with E-state index in [1.54, 1.807) is 11.8 Å². The van der Waals surface area contributed by atoms with E-state index in [0.717, 1.165) is 0 Å². The van der Waals surface area contributed by atoms with Crippen LogP contribution in [0.2, 0.25) is 0 Å². The van der Waals surface area contributed by atoms with Crippen molar-refractivity contribution in [3.8, 4) is 0 Å². The molecule has 1 atom stereocenters. The van der Waals surface area contributed by atoms with Crippen molar-refractivity contribution in [2.45, 2.75) is 39.2 Å². The van der Waals surface area contributed by atoms with E-state index in [9.17, 15) is 9.59 Å². The summed E-state index contributed by atoms with van der Waals surface area (Å²) < 4.78 is 4.98. The number of amides is 1. The van der Waals surface area contributed by atoms with Crippen LogP contribution in [-0.4, -0.2) is 42.5 Å². The number of nitrogens with zero attached hydrogens (tertiary/aromatic N) is 1. The van der Waals surface area contributed by atoms with Crippen LogP contribution in [0.15, 0.2) is 0 Å². The van der Waals surface area contributed by atoms with Crippen molar-refractivity contribution in [3.63, 3.8) is 0 Å². The van der Waals surface area contributed by atoms with Crippen molar-refractivity contribution >= 4 is 11.9 Å². The first-order valence-electron chi connectivity index (χ1n) is 6.24. The van der Waals surface area contributed by atoms with Gasteiger partial charge in [0.15, 0.2) is 0 Å². The topological polar surface area (TPSA) is 72.6 Å². The molecule has 0 aromatic heterocycles. The number of carbonyl (C=O) groups excluding carboxylic acids is 2. The first-order chi connectivity index (χ1) is 8.04. The Morgan fingerprint density at radius 3 is 2.47 bits per heavy atom. The molecule has 0 aromatic carbocycles. The molecule has 0 bridgehead atoms. The van der Waals surface area contributed by atoms with E-state index >= 15 is 0 Å². The van der Waals surface area contributed by atoms with E-state index in [-0.39, 0.29) is 23.8 Å². The molecule has 0 spiro atoms. The normalized spacial score (nSPS) is 18.9. The highest BCUT2D eigenvalue weighted by Crippen LogP contribution is 2.19. The number of piperidine rings is 1. The fourth-order valence-electron chi connectivity index (χ4n) is 2.03. The Bertz CT molecular complexity index is 271. The number of hydrogen-bond donors (Lipinski definition) is 1. The van der Waals surface area contributed by atoms with Crippen LogP contribution in [0.1, 0.15) is 33.1 Å². The third kappa shape index (κ3) is 4.34. The largest absolute Gasteiger partial charge is 0.466 e. The second-order valence-corrected chi connectivity index (χ2v) is 4.59. The summed E-state index contributed by atoms with van der Waals surface area (Å²) in [6.07, 6.45) is 1.77. The van der Waals surface area contributed by atoms with Gasteiger partial charge in [0.2, 0.25) is 5.91 Å². The fraction of sp³-hybridized carbons (Fsp3) is 0.833. The Morgan fingerprint density at radius 1 is 1.41 bits per heavy atom. The molecule has 1 fully saturated rings. The molecule has 1 aliphatic heterocycles. The van der Waals surface area contributed by atoms with Crippen LogP contribution < -0.4 is 5.73 Å². The van der Waals surface area contributed by atoms with E-state index in [0.29, 0.717) is 39.0 Å². The van der Waals surface area contributed by atoms with Gasteiger partial charge in [0.25, 0.3) is 0 Å². The lowest BCUT2D eigenvalue weighted by Gasteiger charge is -2.31. The summed E-state index contributed by atoms with van der Waals surface area (Å²) in [5, 5.41) is 0. The molecule has 0 aliphatic carbocycles. The van der Waals surface area contributed by atoms with Crippen LogP contribution >= 0.6 is 0 Å². The average molecular weight is 242 g/mol. The Balaban J connectivity index is 2.35. The smallest absolute Gasteiger partial charge is 0.309 e. The predicted octanol–water partition coefficient (Wildman–Crippen LogP) is 0.525. The molecule has 1 unspecified atom stereocenters. The first kappa shape index (κ1) is 14.0. The zero-order chi connectivity index (χ0) is 12.8. The van der Waals surface area contributed by atoms with Crippen molar-refractivity contribution in [1.82, 2.24) is 4.90 Å². The Kier molecular flexibility index (Phi) is 5.41. The summed E-state index contributed by atoms with van der Waals surface area (Å²) in [5.74, 6) is -0.0941. The minimum absolute atomic E-state index is 0.0469. The highest BCUT2D eigenvalue weighted by molar-refractivity contribution is 5.77. The Hall–Kier alpha value is -1.10. The number of esters is 1. The fourth-order valence-corrected chi connectivity index (χ4v) is 2.03. The van der Waals surface area contributed by atoms with Crippen molar-refractivity contribution < 1.29 is 14.3 Å². The van der Waals surface area contributed by atoms with Crippen LogP contribution in [0.25, 0.3) is 0 Å². The molecule has 17 heavy (non-hydrogen) atoms. The maximum Gasteiger partial charge on any atom is 0.309 e. The quantitative estimate of drug-likeness (QED) is 0.730. The predicted molar refractivity (Wildman–Crippen MR) is 64.2 cm³/mol. The molecule has 98 valence electrons. The van der Waals surface area contributed by atoms with E-state index in [4.69, 9.17) is 10.5 Å². The lowest BCUT2D eigenvalue weighted by molar-refractivity contribution is -0.151. The molecule has 1 aliphatic rings. The SMILES string of the molecule is CCOC(=O)C1CCN(C(=O)CC(C)N)CC1. The van der Waals surface area contributed by atoms with Gasteiger partial charge in [-0.15, -0.1) is 0 Å². The number of hydrogen-bond acceptors (Lipinski definition) is 4. The monoisotopic (exact) mass is 242 g/mol. The third-order valence-corrected chi connectivity index (χ3v) is 2.96. The maximum absolute atomic E-state index is 11.7. The van der Waals surface area contributed by atoms with Gasteiger partial charge >= 0.3 is 5.97 Å². The van der Waals surface area contributed by atoms with E-state index in [2.05, 4.69) is 0 Å². The molecule has 5 heteroatoms. The van der Waals surface area contributed by atoms with E-state index < -0.39 is 0 Å². The van der Waals surface area contributed by atoms with Gasteiger partial charge in [-0.05, 0) is 26.7 Å². The molecular weight excluding hydrogens is 220 g/mol. The van der Waals surface area contributed by atoms with Crippen LogP contribution in [-0.2, 0) is 14.3 Å². The van der Waals surface area contributed by atoms with Gasteiger partial charge in [-0.2, -0.15) is 0 Å². The molecule has 0 radical (unpaired) electrons. The summed E-state index contributed by atoms with van der Waals surface area (Å²) in [6.45, 7) is 5.31. The Morgan fingerprint density at radius 2 is 2.00 bits per heavy atom. The van der Waals surface area contributed by atoms with Crippen LogP contribution in [0.5, 0.6) is 0 Å². The number of nitrogens with two attached hydrogens (primary N) is 1. The van der Waals surface area contributed by atoms with E-state index in [1.807, 2.05) is 6.92 Å². The number of ether oxygens (including phenoxy) is 1. The van der Waals surface area contributed by atoms with Crippen molar-refractivity contribution in [3.05, 3.63) is 0 Å². The second kappa shape index (κ2) is 6.59. The molecule has 1 amide bonds. The van der Waals surface area contributed by atoms with Gasteiger partial charge in [0, 0.05) is 25.6 Å². The van der Waals surface area contributed by atoms with Crippen molar-refractivity contribution in [2.24, 2.45) is 11.7 Å². The maximum atomic E-state index is 11.7. The summed E-state index contributed by atoms with van der Waals surface area (Å²) in [7, 11) is 0. The summed E-state index contributed by atoms with van der Waals surface area (Å²) in [5.41, 5.74) is 5.59. The molecule has 0 aromatic rings. The van der Waals surface area contributed by atoms with Crippen LogP contribution in [0.4, 0.5) is 0 Å². The molecule has 1 heterocycles. The highest BCUT2D eigenvalue weighted by atomic mass is 16.5. The molecule has 5 nitrogen and oxygen atoms in total. The number of rotatable bonds is 4. The number of likely N-dealkylation sites (tertiary alicyclic amines) is 1. The minimum atomic E-state index is -0.133. The first-order valence-corrected chi connectivity index (χ1v) is 6.24. The van der Waals surface area contributed by atoms with Gasteiger partial charge in [-0.1, -0.05) is 0 Å². The summed E-state index contributed by atoms with van der Waals surface area (Å²) in [4.78, 5) is 25.0. The van der Waals surface area contributed by atoms with Gasteiger partial charge < -0.3 is 15.4 Å². The van der Waals surface area contributed by atoms with Crippen molar-refractivity contribution in [1.29, 1.82) is 0 Å². The van der Waals surface area contributed by atoms with Crippen LogP contribution in [0.3, 0.4) is 0 Å². The lowest BCUT2D eigenvalue weighted by Crippen LogP contribution is -2.42. The second-order valence-electron chi connectivity index (χ2n) is 4.59. The zero-order valence-electron chi connectivity index (χ0n) is 10.6. The Labute approximate surface area is 102 Å². The van der Waals surface area contributed by atoms with Crippen molar-refractivity contribution in [2.75, 3.05) is 19.7 Å². The lowest BCUT2D eigenvalue weighted by atomic mass is 9.96. The van der Waals surface area contributed by atoms with Crippen LogP contribution in [0, 0.1) is 5.92 Å². The molecule has 1 saturated heterocycles. The summed E-state index contributed by atoms with van der Waals surface area (Å²) in [6, 6.07) is -0.106. The van der Waals surface area contributed by atoms with Gasteiger partial charge in [0.1, 0.15) is 0 Å². The zero-order valence-corrected chi connectivity index (χ0v) is 10.6. The standard InChI is InChI=1S/C12H22N2O3/c1-3-17-12(16)10-4-6-14(7-5-10)11(15)8-9(2)13/h9-10H,3-8,13H2,1-2H3. The van der Waals surface area contributed by atoms with E-state index in [1.165, 1.54) is 0 Å². The average Bonchev–Trinajstić information content (AvgIpc) is 2.28.